The second-order valence-corrected chi connectivity index (χ2v) is 19.5. The number of hydrogen-bond acceptors (Lipinski definition) is 11. The summed E-state index contributed by atoms with van der Waals surface area (Å²) in [5.74, 6) is 0.984. The Morgan fingerprint density at radius 1 is 0.930 bits per heavy atom. The molecule has 2 saturated carbocycles. The van der Waals surface area contributed by atoms with E-state index in [1.165, 1.54) is 18.7 Å². The van der Waals surface area contributed by atoms with Crippen LogP contribution in [0.15, 0.2) is 21.8 Å². The van der Waals surface area contributed by atoms with Gasteiger partial charge in [-0.3, -0.25) is 9.59 Å². The van der Waals surface area contributed by atoms with Gasteiger partial charge in [-0.1, -0.05) is 54.3 Å². The van der Waals surface area contributed by atoms with Crippen LogP contribution in [0.25, 0.3) is 5.57 Å². The number of allylic oxidation sites excluding steroid dienone is 2. The average molecular weight is 884 g/mol. The molecule has 0 aromatic carbocycles. The molecule has 13 nitrogen and oxygen atoms in total. The standard InChI is InChI=1S/C41H64N4O9S2.Zn/c1-12-32(55-14-13-15-56(49,50)51)40(47)45-39-33(41(48)53-36-23(4)16-21(2)17-24(36)5)28(9)35(44-39)29(10)34-27(8)31(38(43-34)42-30(11)46)20-52-54-37-25(6)18-22(3)19-26(37)7;/h21-26,32,36-37H,12-20H2,1-11H3,(H4,42,43,44,45,46,47,48,49,50,51);/p-2. The molecule has 2 heterocycles. The molecule has 0 spiro atoms. The molecule has 0 saturated heterocycles. The minimum Gasteiger partial charge on any atom is -0.748 e. The van der Waals surface area contributed by atoms with E-state index in [1.807, 2.05) is 20.8 Å². The number of hydrogen-bond donors (Lipinski definition) is 2. The van der Waals surface area contributed by atoms with E-state index in [0.717, 1.165) is 31.2 Å². The normalized spacial score (nSPS) is 28.0. The minimum absolute atomic E-state index is 0. The number of amides is 2. The number of carbonyl (C=O) groups is 3. The third-order valence-electron chi connectivity index (χ3n) is 11.4. The number of thioether (sulfide) groups is 1. The van der Waals surface area contributed by atoms with E-state index in [4.69, 9.17) is 24.5 Å². The first kappa shape index (κ1) is 49.0. The number of nitrogens with zero attached hydrogens (tertiary/aromatic N) is 2. The number of ether oxygens (including phenoxy) is 1. The Bertz CT molecular complexity index is 1800. The van der Waals surface area contributed by atoms with Crippen molar-refractivity contribution >= 4 is 56.9 Å². The first-order chi connectivity index (χ1) is 26.2. The maximum Gasteiger partial charge on any atom is 0.342 e. The summed E-state index contributed by atoms with van der Waals surface area (Å²) < 4.78 is 39.5. The Balaban J connectivity index is 0.00000870. The van der Waals surface area contributed by atoms with Gasteiger partial charge in [0.15, 0.2) is 0 Å². The smallest absolute Gasteiger partial charge is 0.342 e. The fraction of sp³-hybridized carbons (Fsp3) is 0.707. The van der Waals surface area contributed by atoms with Gasteiger partial charge in [0.25, 0.3) is 0 Å². The third kappa shape index (κ3) is 12.8. The van der Waals surface area contributed by atoms with Crippen LogP contribution >= 0.6 is 11.8 Å². The van der Waals surface area contributed by atoms with Gasteiger partial charge < -0.3 is 24.9 Å². The van der Waals surface area contributed by atoms with Gasteiger partial charge in [-0.05, 0) is 135 Å². The van der Waals surface area contributed by atoms with Crippen molar-refractivity contribution in [1.29, 1.82) is 0 Å². The number of anilines is 1. The molecule has 1 aromatic heterocycles. The second-order valence-electron chi connectivity index (χ2n) is 16.7. The van der Waals surface area contributed by atoms with Crippen molar-refractivity contribution in [3.63, 3.8) is 0 Å². The van der Waals surface area contributed by atoms with Gasteiger partial charge in [0.1, 0.15) is 30.0 Å². The Labute approximate surface area is 356 Å². The van der Waals surface area contributed by atoms with E-state index in [1.54, 1.807) is 6.92 Å². The minimum atomic E-state index is -4.36. The molecule has 1 aromatic rings. The molecule has 316 valence electrons. The van der Waals surface area contributed by atoms with Gasteiger partial charge in [0, 0.05) is 25.2 Å². The van der Waals surface area contributed by atoms with E-state index in [2.05, 4.69) is 52.2 Å². The molecule has 2 fully saturated rings. The summed E-state index contributed by atoms with van der Waals surface area (Å²) in [6.07, 6.45) is 4.13. The predicted molar refractivity (Wildman–Crippen MR) is 218 cm³/mol. The Morgan fingerprint density at radius 2 is 1.49 bits per heavy atom. The van der Waals surface area contributed by atoms with E-state index in [9.17, 15) is 27.4 Å². The van der Waals surface area contributed by atoms with Crippen LogP contribution in [0.3, 0.4) is 0 Å². The van der Waals surface area contributed by atoms with Crippen molar-refractivity contribution < 1.29 is 61.3 Å². The van der Waals surface area contributed by atoms with E-state index in [0.29, 0.717) is 64.0 Å². The van der Waals surface area contributed by atoms with Crippen LogP contribution in [0.1, 0.15) is 125 Å². The molecule has 5 atom stereocenters. The van der Waals surface area contributed by atoms with Crippen molar-refractivity contribution in [3.8, 4) is 0 Å². The van der Waals surface area contributed by atoms with Crippen LogP contribution in [0.4, 0.5) is 5.82 Å². The van der Waals surface area contributed by atoms with Gasteiger partial charge in [0.2, 0.25) is 5.91 Å². The topological polar surface area (TPSA) is 187 Å². The maximum absolute atomic E-state index is 14.2. The fourth-order valence-corrected chi connectivity index (χ4v) is 10.7. The summed E-state index contributed by atoms with van der Waals surface area (Å²) in [6.45, 7) is 21.8. The molecule has 3 aliphatic rings. The SMILES string of the molecule is CCC(SCCCS(=O)(=O)[O-])C(=O)NC1=N/C(=C(/C)c2[n-]c(NC(C)=O)c(COOC3C(C)CC(C)CC3C)c2C)C(C)=C1C(=O)OC1C(C)CC(C)CC1C.[Zn]. The summed E-state index contributed by atoms with van der Waals surface area (Å²) in [5, 5.41) is 5.12. The molecule has 0 bridgehead atoms. The van der Waals surface area contributed by atoms with Crippen LogP contribution in [-0.4, -0.2) is 65.6 Å². The molecule has 2 N–H and O–H groups in total. The largest absolute Gasteiger partial charge is 0.748 e. The number of aliphatic imine (C=N–C) groups is 1. The van der Waals surface area contributed by atoms with Crippen LogP contribution in [0.2, 0.25) is 0 Å². The average Bonchev–Trinajstić information content (AvgIpc) is 3.57. The molecule has 4 rings (SSSR count). The van der Waals surface area contributed by atoms with Crippen molar-refractivity contribution in [1.82, 2.24) is 10.3 Å². The summed E-state index contributed by atoms with van der Waals surface area (Å²) in [6, 6.07) is 0. The summed E-state index contributed by atoms with van der Waals surface area (Å²) in [7, 11) is -4.36. The zero-order valence-electron chi connectivity index (χ0n) is 35.7. The van der Waals surface area contributed by atoms with Gasteiger partial charge in [-0.25, -0.2) is 28.0 Å². The second kappa shape index (κ2) is 21.2. The van der Waals surface area contributed by atoms with Crippen LogP contribution < -0.4 is 15.6 Å². The molecule has 1 aliphatic heterocycles. The van der Waals surface area contributed by atoms with Crippen molar-refractivity contribution in [2.24, 2.45) is 40.5 Å². The predicted octanol–water partition coefficient (Wildman–Crippen LogP) is 7.06. The Hall–Kier alpha value is -2.36. The number of carbonyl (C=O) groups excluding carboxylic acids is 3. The molecule has 16 heteroatoms. The zero-order valence-corrected chi connectivity index (χ0v) is 40.3. The summed E-state index contributed by atoms with van der Waals surface area (Å²) in [5.41, 5.74) is 3.64. The van der Waals surface area contributed by atoms with E-state index >= 15 is 0 Å². The number of rotatable bonds is 15. The fourth-order valence-electron chi connectivity index (χ4n) is 8.96. The molecule has 0 radical (unpaired) electrons. The van der Waals surface area contributed by atoms with Crippen molar-refractivity contribution in [2.75, 3.05) is 16.8 Å². The molecule has 5 unspecified atom stereocenters. The Morgan fingerprint density at radius 3 is 2.02 bits per heavy atom. The van der Waals surface area contributed by atoms with E-state index < -0.39 is 33.0 Å². The van der Waals surface area contributed by atoms with Gasteiger partial charge in [0.05, 0.1) is 27.2 Å². The number of esters is 1. The van der Waals surface area contributed by atoms with Gasteiger partial charge >= 0.3 is 5.97 Å². The van der Waals surface area contributed by atoms with Crippen LogP contribution in [0.5, 0.6) is 0 Å². The maximum atomic E-state index is 14.2. The zero-order chi connectivity index (χ0) is 41.6. The Kier molecular flexibility index (Phi) is 18.3. The molecule has 2 amide bonds. The first-order valence-electron chi connectivity index (χ1n) is 20.0. The van der Waals surface area contributed by atoms with Gasteiger partial charge in [-0.2, -0.15) is 0 Å². The number of amidine groups is 1. The van der Waals surface area contributed by atoms with Crippen molar-refractivity contribution in [3.05, 3.63) is 33.7 Å². The van der Waals surface area contributed by atoms with Crippen LogP contribution in [0, 0.1) is 42.4 Å². The van der Waals surface area contributed by atoms with Crippen LogP contribution in [-0.2, 0) is 65.1 Å². The molecular formula is C41H62N4O9S2Zn-2. The number of aromatic nitrogens is 1. The van der Waals surface area contributed by atoms with Gasteiger partial charge in [-0.15, -0.1) is 11.8 Å². The third-order valence-corrected chi connectivity index (χ3v) is 13.7. The first-order valence-corrected chi connectivity index (χ1v) is 22.6. The summed E-state index contributed by atoms with van der Waals surface area (Å²) >= 11 is 1.24. The summed E-state index contributed by atoms with van der Waals surface area (Å²) in [4.78, 5) is 61.7. The number of nitrogens with one attached hydrogen (secondary N) is 2. The molecular weight excluding hydrogens is 822 g/mol. The monoisotopic (exact) mass is 882 g/mol. The van der Waals surface area contributed by atoms with Crippen molar-refractivity contribution in [2.45, 2.75) is 139 Å². The van der Waals surface area contributed by atoms with E-state index in [-0.39, 0.29) is 79.6 Å². The molecule has 57 heavy (non-hydrogen) atoms. The quantitative estimate of drug-likeness (QED) is 0.0459. The molecule has 2 aliphatic carbocycles.